The van der Waals surface area contributed by atoms with Gasteiger partial charge in [-0.05, 0) is 91.5 Å². The fourth-order valence-corrected chi connectivity index (χ4v) is 7.48. The van der Waals surface area contributed by atoms with Gasteiger partial charge in [0.25, 0.3) is 0 Å². The second-order valence-electron chi connectivity index (χ2n) is 11.0. The lowest BCUT2D eigenvalue weighted by atomic mass is 9.67. The number of piperidine rings is 1. The van der Waals surface area contributed by atoms with Crippen LogP contribution in [0.15, 0.2) is 91.3 Å². The molecule has 1 fully saturated rings. The fourth-order valence-electron chi connectivity index (χ4n) is 6.34. The first kappa shape index (κ1) is 30.8. The maximum Gasteiger partial charge on any atom is 0.216 e. The second-order valence-corrected chi connectivity index (χ2v) is 12.7. The predicted molar refractivity (Wildman–Crippen MR) is 174 cm³/mol. The van der Waals surface area contributed by atoms with Crippen molar-refractivity contribution >= 4 is 52.3 Å². The van der Waals surface area contributed by atoms with Crippen LogP contribution in [0, 0.1) is 0 Å². The molecular formula is C34H33Cl4N3O. The number of carbonyl (C=O) groups excluding carboxylic acids is 1. The van der Waals surface area contributed by atoms with Crippen LogP contribution in [-0.4, -0.2) is 42.0 Å². The average Bonchev–Trinajstić information content (AvgIpc) is 2.99. The maximum atomic E-state index is 11.9. The SMILES string of the molecule is CC(=O)NCC1(c2ccccc2)CCN(CCC(c2cccnc2)(c2ccc(Cl)cc2Cl)c2ccc(Cl)cc2Cl)CC1. The van der Waals surface area contributed by atoms with E-state index < -0.39 is 5.41 Å². The highest BCUT2D eigenvalue weighted by Crippen LogP contribution is 2.48. The van der Waals surface area contributed by atoms with Crippen molar-refractivity contribution in [3.05, 3.63) is 134 Å². The molecule has 1 amide bonds. The molecule has 0 atom stereocenters. The van der Waals surface area contributed by atoms with E-state index in [2.05, 4.69) is 45.5 Å². The Bertz CT molecular complexity index is 1470. The van der Waals surface area contributed by atoms with Crippen molar-refractivity contribution in [1.82, 2.24) is 15.2 Å². The van der Waals surface area contributed by atoms with Gasteiger partial charge in [-0.3, -0.25) is 9.78 Å². The van der Waals surface area contributed by atoms with Crippen LogP contribution < -0.4 is 5.32 Å². The Morgan fingerprint density at radius 1 is 0.881 bits per heavy atom. The summed E-state index contributed by atoms with van der Waals surface area (Å²) in [7, 11) is 0. The number of likely N-dealkylation sites (tertiary alicyclic amines) is 1. The van der Waals surface area contributed by atoms with Crippen LogP contribution in [0.5, 0.6) is 0 Å². The molecule has 3 aromatic carbocycles. The Kier molecular flexibility index (Phi) is 9.81. The largest absolute Gasteiger partial charge is 0.355 e. The molecule has 218 valence electrons. The number of aromatic nitrogens is 1. The predicted octanol–water partition coefficient (Wildman–Crippen LogP) is 8.59. The van der Waals surface area contributed by atoms with Crippen LogP contribution >= 0.6 is 46.4 Å². The van der Waals surface area contributed by atoms with Gasteiger partial charge in [-0.2, -0.15) is 0 Å². The van der Waals surface area contributed by atoms with E-state index in [4.69, 9.17) is 46.4 Å². The monoisotopic (exact) mass is 639 g/mol. The first-order chi connectivity index (χ1) is 20.2. The van der Waals surface area contributed by atoms with Gasteiger partial charge in [-0.25, -0.2) is 0 Å². The molecule has 42 heavy (non-hydrogen) atoms. The molecule has 1 N–H and O–H groups in total. The number of pyridine rings is 1. The summed E-state index contributed by atoms with van der Waals surface area (Å²) in [5.41, 5.74) is 3.26. The molecule has 1 aromatic heterocycles. The van der Waals surface area contributed by atoms with E-state index in [1.807, 2.05) is 42.6 Å². The van der Waals surface area contributed by atoms with Gasteiger partial charge in [-0.1, -0.05) is 94.9 Å². The van der Waals surface area contributed by atoms with Crippen molar-refractivity contribution in [1.29, 1.82) is 0 Å². The van der Waals surface area contributed by atoms with Gasteiger partial charge in [0.15, 0.2) is 0 Å². The normalized spacial score (nSPS) is 15.4. The highest BCUT2D eigenvalue weighted by atomic mass is 35.5. The molecule has 0 radical (unpaired) electrons. The molecule has 0 saturated carbocycles. The van der Waals surface area contributed by atoms with Crippen LogP contribution in [0.25, 0.3) is 0 Å². The van der Waals surface area contributed by atoms with Crippen molar-refractivity contribution < 1.29 is 4.79 Å². The van der Waals surface area contributed by atoms with Gasteiger partial charge in [0.05, 0.1) is 5.41 Å². The molecule has 1 saturated heterocycles. The summed E-state index contributed by atoms with van der Waals surface area (Å²) in [5, 5.41) is 5.36. The molecule has 4 aromatic rings. The smallest absolute Gasteiger partial charge is 0.216 e. The molecule has 2 heterocycles. The van der Waals surface area contributed by atoms with Crippen molar-refractivity contribution in [2.24, 2.45) is 0 Å². The van der Waals surface area contributed by atoms with Crippen molar-refractivity contribution in [2.45, 2.75) is 37.0 Å². The molecule has 0 unspecified atom stereocenters. The number of hydrogen-bond donors (Lipinski definition) is 1. The molecule has 8 heteroatoms. The zero-order valence-corrected chi connectivity index (χ0v) is 26.4. The third-order valence-electron chi connectivity index (χ3n) is 8.61. The number of rotatable bonds is 9. The zero-order valence-electron chi connectivity index (χ0n) is 23.4. The number of nitrogens with one attached hydrogen (secondary N) is 1. The van der Waals surface area contributed by atoms with Crippen LogP contribution in [0.2, 0.25) is 20.1 Å². The minimum Gasteiger partial charge on any atom is -0.355 e. The first-order valence-electron chi connectivity index (χ1n) is 14.1. The topological polar surface area (TPSA) is 45.2 Å². The van der Waals surface area contributed by atoms with Crippen LogP contribution in [0.4, 0.5) is 0 Å². The van der Waals surface area contributed by atoms with Crippen LogP contribution in [0.3, 0.4) is 0 Å². The molecule has 1 aliphatic heterocycles. The van der Waals surface area contributed by atoms with E-state index in [1.54, 1.807) is 25.3 Å². The lowest BCUT2D eigenvalue weighted by molar-refractivity contribution is -0.119. The molecule has 5 rings (SSSR count). The Morgan fingerprint density at radius 3 is 2.02 bits per heavy atom. The van der Waals surface area contributed by atoms with Crippen LogP contribution in [-0.2, 0) is 15.6 Å². The highest BCUT2D eigenvalue weighted by Gasteiger charge is 2.42. The van der Waals surface area contributed by atoms with E-state index in [9.17, 15) is 4.79 Å². The lowest BCUT2D eigenvalue weighted by Gasteiger charge is -2.44. The van der Waals surface area contributed by atoms with Gasteiger partial charge < -0.3 is 10.2 Å². The number of carbonyl (C=O) groups is 1. The number of nitrogens with zero attached hydrogens (tertiary/aromatic N) is 2. The van der Waals surface area contributed by atoms with Gasteiger partial charge in [0, 0.05) is 51.4 Å². The standard InChI is InChI=1S/C34H33Cl4N3O/c1-24(42)40-23-33(25-6-3-2-4-7-25)13-17-41(18-14-33)19-15-34(26-8-5-16-39-22-26,29-11-9-27(35)20-31(29)37)30-12-10-28(36)21-32(30)38/h2-12,16,20-22H,13-15,17-19,23H2,1H3,(H,40,42). The van der Waals surface area contributed by atoms with Gasteiger partial charge in [0.1, 0.15) is 0 Å². The highest BCUT2D eigenvalue weighted by molar-refractivity contribution is 6.36. The van der Waals surface area contributed by atoms with E-state index in [0.717, 1.165) is 49.2 Å². The van der Waals surface area contributed by atoms with Gasteiger partial charge >= 0.3 is 0 Å². The Balaban J connectivity index is 1.51. The maximum absolute atomic E-state index is 11.9. The third-order valence-corrected chi connectivity index (χ3v) is 9.71. The van der Waals surface area contributed by atoms with Crippen molar-refractivity contribution in [3.8, 4) is 0 Å². The minimum atomic E-state index is -0.707. The molecule has 4 nitrogen and oxygen atoms in total. The third kappa shape index (κ3) is 6.49. The van der Waals surface area contributed by atoms with Gasteiger partial charge in [-0.15, -0.1) is 0 Å². The summed E-state index contributed by atoms with van der Waals surface area (Å²) in [6.45, 7) is 4.77. The second kappa shape index (κ2) is 13.4. The lowest BCUT2D eigenvalue weighted by Crippen LogP contribution is -2.49. The number of benzene rings is 3. The van der Waals surface area contributed by atoms with Crippen molar-refractivity contribution in [3.63, 3.8) is 0 Å². The van der Waals surface area contributed by atoms with E-state index >= 15 is 0 Å². The quantitative estimate of drug-likeness (QED) is 0.199. The summed E-state index contributed by atoms with van der Waals surface area (Å²) in [5.74, 6) is -0.00586. The summed E-state index contributed by atoms with van der Waals surface area (Å²) < 4.78 is 0. The molecular weight excluding hydrogens is 608 g/mol. The number of hydrogen-bond acceptors (Lipinski definition) is 3. The van der Waals surface area contributed by atoms with Gasteiger partial charge in [0.2, 0.25) is 5.91 Å². The molecule has 1 aliphatic rings. The van der Waals surface area contributed by atoms with E-state index in [-0.39, 0.29) is 11.3 Å². The van der Waals surface area contributed by atoms with E-state index in [0.29, 0.717) is 33.1 Å². The van der Waals surface area contributed by atoms with E-state index in [1.165, 1.54) is 5.56 Å². The molecule has 0 spiro atoms. The summed E-state index contributed by atoms with van der Waals surface area (Å²) in [6.07, 6.45) is 6.22. The average molecular weight is 641 g/mol. The van der Waals surface area contributed by atoms with Crippen LogP contribution in [0.1, 0.15) is 48.4 Å². The first-order valence-corrected chi connectivity index (χ1v) is 15.6. The van der Waals surface area contributed by atoms with Crippen molar-refractivity contribution in [2.75, 3.05) is 26.2 Å². The zero-order chi connectivity index (χ0) is 29.7. The summed E-state index contributed by atoms with van der Waals surface area (Å²) in [6, 6.07) is 25.8. The Morgan fingerprint density at radius 2 is 1.50 bits per heavy atom. The molecule has 0 bridgehead atoms. The summed E-state index contributed by atoms with van der Waals surface area (Å²) >= 11 is 26.6. The minimum absolute atomic E-state index is 0.00586. The Labute approximate surface area is 268 Å². The summed E-state index contributed by atoms with van der Waals surface area (Å²) in [4.78, 5) is 18.9. The fraction of sp³-hybridized carbons (Fsp3) is 0.294. The Hall–Kier alpha value is -2.60. The number of halogens is 4. The number of amides is 1. The molecule has 0 aliphatic carbocycles.